The Morgan fingerprint density at radius 2 is 2.00 bits per heavy atom. The molecule has 4 heteroatoms. The van der Waals surface area contributed by atoms with Gasteiger partial charge in [-0.3, -0.25) is 4.79 Å². The lowest BCUT2D eigenvalue weighted by atomic mass is 10.1. The maximum Gasteiger partial charge on any atom is 0.319 e. The molecule has 1 aromatic rings. The van der Waals surface area contributed by atoms with Crippen LogP contribution in [0.5, 0.6) is 0 Å². The molecule has 0 bridgehead atoms. The number of nitrogens with one attached hydrogen (secondary N) is 2. The predicted octanol–water partition coefficient (Wildman–Crippen LogP) is 2.56. The van der Waals surface area contributed by atoms with Gasteiger partial charge in [-0.25, -0.2) is 4.79 Å². The third kappa shape index (κ3) is 3.06. The average Bonchev–Trinajstić information content (AvgIpc) is 2.95. The van der Waals surface area contributed by atoms with E-state index in [1.54, 1.807) is 24.3 Å². The first kappa shape index (κ1) is 11.6. The molecule has 1 aliphatic carbocycles. The zero-order valence-corrected chi connectivity index (χ0v) is 10.0. The zero-order valence-electron chi connectivity index (χ0n) is 10.0. The summed E-state index contributed by atoms with van der Waals surface area (Å²) in [5.74, 6) is -0.0109. The number of urea groups is 1. The number of benzene rings is 1. The lowest BCUT2D eigenvalue weighted by Gasteiger charge is -2.12. The lowest BCUT2D eigenvalue weighted by Crippen LogP contribution is -2.37. The van der Waals surface area contributed by atoms with Crippen molar-refractivity contribution in [1.29, 1.82) is 0 Å². The van der Waals surface area contributed by atoms with Crippen LogP contribution >= 0.6 is 0 Å². The second kappa shape index (κ2) is 4.20. The summed E-state index contributed by atoms with van der Waals surface area (Å²) < 4.78 is 0. The lowest BCUT2D eigenvalue weighted by molar-refractivity contribution is 0.101. The van der Waals surface area contributed by atoms with Crippen molar-refractivity contribution in [3.8, 4) is 0 Å². The predicted molar refractivity (Wildman–Crippen MR) is 66.2 cm³/mol. The molecule has 0 heterocycles. The van der Waals surface area contributed by atoms with Crippen LogP contribution in [-0.4, -0.2) is 17.4 Å². The van der Waals surface area contributed by atoms with Gasteiger partial charge in [-0.15, -0.1) is 0 Å². The molecule has 4 nitrogen and oxygen atoms in total. The molecule has 0 saturated heterocycles. The molecule has 0 unspecified atom stereocenters. The average molecular weight is 232 g/mol. The largest absolute Gasteiger partial charge is 0.333 e. The Balaban J connectivity index is 2.00. The van der Waals surface area contributed by atoms with Crippen molar-refractivity contribution in [2.24, 2.45) is 0 Å². The quantitative estimate of drug-likeness (QED) is 0.787. The minimum absolute atomic E-state index is 0.0109. The standard InChI is InChI=1S/C13H16N2O2/c1-9(16)10-4-3-5-11(8-10)14-12(17)15-13(2)6-7-13/h3-5,8H,6-7H2,1-2H3,(H2,14,15,17). The van der Waals surface area contributed by atoms with Crippen molar-refractivity contribution >= 4 is 17.5 Å². The van der Waals surface area contributed by atoms with Gasteiger partial charge in [-0.1, -0.05) is 12.1 Å². The van der Waals surface area contributed by atoms with Crippen molar-refractivity contribution < 1.29 is 9.59 Å². The number of hydrogen-bond donors (Lipinski definition) is 2. The maximum absolute atomic E-state index is 11.6. The van der Waals surface area contributed by atoms with Crippen LogP contribution in [0.25, 0.3) is 0 Å². The van der Waals surface area contributed by atoms with E-state index in [1.165, 1.54) is 6.92 Å². The summed E-state index contributed by atoms with van der Waals surface area (Å²) in [7, 11) is 0. The Hall–Kier alpha value is -1.84. The van der Waals surface area contributed by atoms with Crippen molar-refractivity contribution in [2.45, 2.75) is 32.2 Å². The third-order valence-electron chi connectivity index (χ3n) is 2.94. The number of ketones is 1. The fourth-order valence-electron chi connectivity index (χ4n) is 1.56. The van der Waals surface area contributed by atoms with E-state index in [0.717, 1.165) is 12.8 Å². The molecule has 1 fully saturated rings. The smallest absolute Gasteiger partial charge is 0.319 e. The van der Waals surface area contributed by atoms with Gasteiger partial charge < -0.3 is 10.6 Å². The minimum Gasteiger partial charge on any atom is -0.333 e. The number of carbonyl (C=O) groups is 2. The number of rotatable bonds is 3. The third-order valence-corrected chi connectivity index (χ3v) is 2.94. The molecule has 1 aliphatic rings. The molecule has 2 rings (SSSR count). The molecule has 2 amide bonds. The monoisotopic (exact) mass is 232 g/mol. The highest BCUT2D eigenvalue weighted by Gasteiger charge is 2.38. The topological polar surface area (TPSA) is 58.2 Å². The van der Waals surface area contributed by atoms with Gasteiger partial charge in [-0.2, -0.15) is 0 Å². The van der Waals surface area contributed by atoms with Crippen LogP contribution in [0, 0.1) is 0 Å². The van der Waals surface area contributed by atoms with Gasteiger partial charge in [0, 0.05) is 16.8 Å². The van der Waals surface area contributed by atoms with Crippen LogP contribution in [-0.2, 0) is 0 Å². The highest BCUT2D eigenvalue weighted by Crippen LogP contribution is 2.34. The first-order valence-electron chi connectivity index (χ1n) is 5.69. The Morgan fingerprint density at radius 3 is 2.59 bits per heavy atom. The molecule has 0 spiro atoms. The molecule has 0 aliphatic heterocycles. The molecular weight excluding hydrogens is 216 g/mol. The van der Waals surface area contributed by atoms with Crippen LogP contribution in [0.2, 0.25) is 0 Å². The van der Waals surface area contributed by atoms with Crippen molar-refractivity contribution in [1.82, 2.24) is 5.32 Å². The molecule has 2 N–H and O–H groups in total. The number of Topliss-reactive ketones (excluding diaryl/α,β-unsaturated/α-hetero) is 1. The fraction of sp³-hybridized carbons (Fsp3) is 0.385. The van der Waals surface area contributed by atoms with Crippen molar-refractivity contribution in [3.05, 3.63) is 29.8 Å². The summed E-state index contributed by atoms with van der Waals surface area (Å²) in [5.41, 5.74) is 1.20. The Labute approximate surface area is 100 Å². The molecule has 1 aromatic carbocycles. The van der Waals surface area contributed by atoms with Gasteiger partial charge in [0.15, 0.2) is 5.78 Å². The van der Waals surface area contributed by atoms with Crippen LogP contribution < -0.4 is 10.6 Å². The Morgan fingerprint density at radius 1 is 1.29 bits per heavy atom. The van der Waals surface area contributed by atoms with Crippen LogP contribution in [0.3, 0.4) is 0 Å². The number of hydrogen-bond acceptors (Lipinski definition) is 2. The SMILES string of the molecule is CC(=O)c1cccc(NC(=O)NC2(C)CC2)c1. The van der Waals surface area contributed by atoms with Crippen LogP contribution in [0.15, 0.2) is 24.3 Å². The van der Waals surface area contributed by atoms with E-state index in [1.807, 2.05) is 6.92 Å². The zero-order chi connectivity index (χ0) is 12.5. The van der Waals surface area contributed by atoms with Gasteiger partial charge >= 0.3 is 6.03 Å². The number of anilines is 1. The summed E-state index contributed by atoms with van der Waals surface area (Å²) in [6.07, 6.45) is 2.04. The highest BCUT2D eigenvalue weighted by molar-refractivity contribution is 5.96. The second-order valence-corrected chi connectivity index (χ2v) is 4.78. The van der Waals surface area contributed by atoms with E-state index >= 15 is 0 Å². The maximum atomic E-state index is 11.6. The molecule has 1 saturated carbocycles. The van der Waals surface area contributed by atoms with Crippen molar-refractivity contribution in [3.63, 3.8) is 0 Å². The van der Waals surface area contributed by atoms with E-state index in [9.17, 15) is 9.59 Å². The van der Waals surface area contributed by atoms with Crippen molar-refractivity contribution in [2.75, 3.05) is 5.32 Å². The summed E-state index contributed by atoms with van der Waals surface area (Å²) in [4.78, 5) is 22.8. The van der Waals surface area contributed by atoms with E-state index in [4.69, 9.17) is 0 Å². The first-order chi connectivity index (χ1) is 7.98. The highest BCUT2D eigenvalue weighted by atomic mass is 16.2. The van der Waals surface area contributed by atoms with Crippen LogP contribution in [0.4, 0.5) is 10.5 Å². The van der Waals surface area contributed by atoms with Gasteiger partial charge in [0.25, 0.3) is 0 Å². The summed E-state index contributed by atoms with van der Waals surface area (Å²) in [6, 6.07) is 6.71. The first-order valence-corrected chi connectivity index (χ1v) is 5.69. The number of carbonyl (C=O) groups excluding carboxylic acids is 2. The summed E-state index contributed by atoms with van der Waals surface area (Å²) >= 11 is 0. The van der Waals surface area contributed by atoms with E-state index in [0.29, 0.717) is 11.3 Å². The van der Waals surface area contributed by atoms with Gasteiger partial charge in [0.2, 0.25) is 0 Å². The molecule has 17 heavy (non-hydrogen) atoms. The van der Waals surface area contributed by atoms with Gasteiger partial charge in [0.05, 0.1) is 0 Å². The van der Waals surface area contributed by atoms with E-state index in [2.05, 4.69) is 10.6 Å². The summed E-state index contributed by atoms with van der Waals surface area (Å²) in [6.45, 7) is 3.52. The Kier molecular flexibility index (Phi) is 2.88. The molecular formula is C13H16N2O2. The number of amides is 2. The van der Waals surface area contributed by atoms with Gasteiger partial charge in [-0.05, 0) is 38.8 Å². The van der Waals surface area contributed by atoms with Crippen LogP contribution in [0.1, 0.15) is 37.0 Å². The second-order valence-electron chi connectivity index (χ2n) is 4.78. The molecule has 90 valence electrons. The summed E-state index contributed by atoms with van der Waals surface area (Å²) in [5, 5.41) is 5.62. The minimum atomic E-state index is -0.217. The molecule has 0 radical (unpaired) electrons. The van der Waals surface area contributed by atoms with E-state index in [-0.39, 0.29) is 17.4 Å². The molecule has 0 atom stereocenters. The van der Waals surface area contributed by atoms with E-state index < -0.39 is 0 Å². The fourth-order valence-corrected chi connectivity index (χ4v) is 1.56. The Bertz CT molecular complexity index is 464. The van der Waals surface area contributed by atoms with Gasteiger partial charge in [0.1, 0.15) is 0 Å². The normalized spacial score (nSPS) is 16.1. The molecule has 0 aromatic heterocycles.